The lowest BCUT2D eigenvalue weighted by atomic mass is 10.3. The third-order valence-electron chi connectivity index (χ3n) is 1.15. The second kappa shape index (κ2) is 5.97. The van der Waals surface area contributed by atoms with E-state index in [0.29, 0.717) is 0 Å². The van der Waals surface area contributed by atoms with Gasteiger partial charge in [-0.05, 0) is 11.6 Å². The molecule has 0 unspecified atom stereocenters. The molecule has 0 bridgehead atoms. The maximum Gasteiger partial charge on any atom is 0.490 e. The molecule has 0 aliphatic carbocycles. The second-order valence-corrected chi connectivity index (χ2v) is 2.32. The number of carboxylic acid groups (broad SMARTS) is 1. The first kappa shape index (κ1) is 13.4. The van der Waals surface area contributed by atoms with Gasteiger partial charge in [0.1, 0.15) is 0 Å². The first-order valence-corrected chi connectivity index (χ1v) is 3.67. The number of hydrogen-bond acceptors (Lipinski definition) is 3. The minimum atomic E-state index is -5.08. The van der Waals surface area contributed by atoms with Crippen LogP contribution in [0.1, 0.15) is 5.56 Å². The van der Waals surface area contributed by atoms with Gasteiger partial charge in [-0.2, -0.15) is 13.2 Å². The van der Waals surface area contributed by atoms with E-state index in [0.717, 1.165) is 5.56 Å². The average Bonchev–Trinajstić information content (AvgIpc) is 2.18. The Morgan fingerprint density at radius 3 is 2.20 bits per heavy atom. The Morgan fingerprint density at radius 2 is 2.00 bits per heavy atom. The van der Waals surface area contributed by atoms with E-state index in [-0.39, 0.29) is 6.61 Å². The van der Waals surface area contributed by atoms with Gasteiger partial charge >= 0.3 is 12.1 Å². The molecule has 0 aliphatic heterocycles. The summed E-state index contributed by atoms with van der Waals surface area (Å²) in [7, 11) is 0. The van der Waals surface area contributed by atoms with Crippen molar-refractivity contribution in [3.63, 3.8) is 0 Å². The Bertz CT molecular complexity index is 300. The van der Waals surface area contributed by atoms with Crippen molar-refractivity contribution >= 4 is 5.97 Å². The number of rotatable bonds is 1. The number of aliphatic hydroxyl groups is 1. The summed E-state index contributed by atoms with van der Waals surface area (Å²) in [6.45, 7) is 0.0772. The van der Waals surface area contributed by atoms with Gasteiger partial charge in [0, 0.05) is 12.4 Å². The molecule has 0 saturated heterocycles. The van der Waals surface area contributed by atoms with Crippen LogP contribution in [0.2, 0.25) is 0 Å². The third-order valence-corrected chi connectivity index (χ3v) is 1.15. The lowest BCUT2D eigenvalue weighted by Crippen LogP contribution is -2.21. The number of aliphatic carboxylic acids is 1. The predicted octanol–water partition coefficient (Wildman–Crippen LogP) is 1.21. The summed E-state index contributed by atoms with van der Waals surface area (Å²) in [6.07, 6.45) is -1.76. The van der Waals surface area contributed by atoms with Crippen LogP contribution in [-0.4, -0.2) is 27.3 Å². The largest absolute Gasteiger partial charge is 0.490 e. The molecule has 1 aromatic heterocycles. The van der Waals surface area contributed by atoms with Gasteiger partial charge in [0.05, 0.1) is 6.61 Å². The number of halogens is 3. The monoisotopic (exact) mass is 223 g/mol. The van der Waals surface area contributed by atoms with Gasteiger partial charge in [-0.1, -0.05) is 6.07 Å². The number of pyridine rings is 1. The van der Waals surface area contributed by atoms with E-state index in [1.54, 1.807) is 18.5 Å². The van der Waals surface area contributed by atoms with Crippen molar-refractivity contribution in [2.75, 3.05) is 0 Å². The van der Waals surface area contributed by atoms with Gasteiger partial charge in [0.15, 0.2) is 0 Å². The van der Waals surface area contributed by atoms with Crippen LogP contribution in [0.4, 0.5) is 13.2 Å². The molecule has 0 aliphatic rings. The van der Waals surface area contributed by atoms with Crippen LogP contribution in [0.15, 0.2) is 24.5 Å². The van der Waals surface area contributed by atoms with Crippen molar-refractivity contribution < 1.29 is 28.2 Å². The zero-order valence-corrected chi connectivity index (χ0v) is 7.40. The van der Waals surface area contributed by atoms with Crippen molar-refractivity contribution in [1.29, 1.82) is 0 Å². The van der Waals surface area contributed by atoms with E-state index >= 15 is 0 Å². The van der Waals surface area contributed by atoms with Gasteiger partial charge in [-0.25, -0.2) is 4.79 Å². The molecule has 0 amide bonds. The Kier molecular flexibility index (Phi) is 5.32. The minimum absolute atomic E-state index is 0.0772. The molecule has 1 aromatic rings. The first-order valence-electron chi connectivity index (χ1n) is 3.67. The standard InChI is InChI=1S/C6H7NO.C2HF3O2/c8-5-6-2-1-3-7-4-6;3-2(4,5)1(6)7/h1-4,8H,5H2;(H,6,7). The normalized spacial score (nSPS) is 10.1. The minimum Gasteiger partial charge on any atom is -0.475 e. The molecule has 4 nitrogen and oxygen atoms in total. The quantitative estimate of drug-likeness (QED) is 0.750. The maximum absolute atomic E-state index is 10.6. The Balaban J connectivity index is 0.000000265. The fourth-order valence-corrected chi connectivity index (χ4v) is 0.492. The molecule has 0 atom stereocenters. The zero-order valence-electron chi connectivity index (χ0n) is 7.40. The highest BCUT2D eigenvalue weighted by molar-refractivity contribution is 5.73. The number of carboxylic acids is 1. The molecular formula is C8H8F3NO3. The highest BCUT2D eigenvalue weighted by atomic mass is 19.4. The SMILES string of the molecule is O=C(O)C(F)(F)F.OCc1cccnc1. The number of alkyl halides is 3. The molecule has 0 spiro atoms. The van der Waals surface area contributed by atoms with E-state index in [1.807, 2.05) is 6.07 Å². The third kappa shape index (κ3) is 6.44. The number of aromatic nitrogens is 1. The van der Waals surface area contributed by atoms with Crippen molar-refractivity contribution in [3.05, 3.63) is 30.1 Å². The van der Waals surface area contributed by atoms with E-state index in [1.165, 1.54) is 0 Å². The Labute approximate surface area is 83.0 Å². The van der Waals surface area contributed by atoms with Gasteiger partial charge < -0.3 is 10.2 Å². The van der Waals surface area contributed by atoms with Gasteiger partial charge in [-0.15, -0.1) is 0 Å². The molecule has 7 heteroatoms. The van der Waals surface area contributed by atoms with Crippen molar-refractivity contribution in [2.24, 2.45) is 0 Å². The number of carbonyl (C=O) groups is 1. The van der Waals surface area contributed by atoms with E-state index in [9.17, 15) is 13.2 Å². The smallest absolute Gasteiger partial charge is 0.475 e. The highest BCUT2D eigenvalue weighted by Crippen LogP contribution is 2.13. The molecule has 0 saturated carbocycles. The average molecular weight is 223 g/mol. The van der Waals surface area contributed by atoms with Crippen molar-refractivity contribution in [1.82, 2.24) is 4.98 Å². The van der Waals surface area contributed by atoms with Gasteiger partial charge in [0.25, 0.3) is 0 Å². The summed E-state index contributed by atoms with van der Waals surface area (Å²) in [5.41, 5.74) is 0.854. The number of aliphatic hydroxyl groups excluding tert-OH is 1. The van der Waals surface area contributed by atoms with Gasteiger partial charge in [-0.3, -0.25) is 4.98 Å². The summed E-state index contributed by atoms with van der Waals surface area (Å²) in [5.74, 6) is -2.76. The highest BCUT2D eigenvalue weighted by Gasteiger charge is 2.38. The lowest BCUT2D eigenvalue weighted by Gasteiger charge is -1.93. The van der Waals surface area contributed by atoms with Crippen LogP contribution < -0.4 is 0 Å². The van der Waals surface area contributed by atoms with Crippen LogP contribution in [-0.2, 0) is 11.4 Å². The molecule has 0 aromatic carbocycles. The molecular weight excluding hydrogens is 215 g/mol. The van der Waals surface area contributed by atoms with Crippen LogP contribution in [0.3, 0.4) is 0 Å². The fourth-order valence-electron chi connectivity index (χ4n) is 0.492. The van der Waals surface area contributed by atoms with E-state index in [4.69, 9.17) is 15.0 Å². The topological polar surface area (TPSA) is 70.4 Å². The summed E-state index contributed by atoms with van der Waals surface area (Å²) in [5, 5.41) is 15.6. The zero-order chi connectivity index (χ0) is 11.9. The van der Waals surface area contributed by atoms with Crippen LogP contribution in [0.25, 0.3) is 0 Å². The van der Waals surface area contributed by atoms with Crippen LogP contribution in [0.5, 0.6) is 0 Å². The molecule has 0 fully saturated rings. The van der Waals surface area contributed by atoms with Crippen LogP contribution >= 0.6 is 0 Å². The maximum atomic E-state index is 10.6. The van der Waals surface area contributed by atoms with Crippen molar-refractivity contribution in [2.45, 2.75) is 12.8 Å². The predicted molar refractivity (Wildman–Crippen MR) is 43.9 cm³/mol. The van der Waals surface area contributed by atoms with E-state index in [2.05, 4.69) is 4.98 Å². The Hall–Kier alpha value is -1.63. The Morgan fingerprint density at radius 1 is 1.47 bits per heavy atom. The summed E-state index contributed by atoms with van der Waals surface area (Å²) < 4.78 is 31.7. The summed E-state index contributed by atoms with van der Waals surface area (Å²) in [6, 6.07) is 3.62. The number of hydrogen-bond donors (Lipinski definition) is 2. The second-order valence-electron chi connectivity index (χ2n) is 2.32. The molecule has 0 radical (unpaired) electrons. The lowest BCUT2D eigenvalue weighted by molar-refractivity contribution is -0.192. The fraction of sp³-hybridized carbons (Fsp3) is 0.250. The van der Waals surface area contributed by atoms with Crippen molar-refractivity contribution in [3.8, 4) is 0 Å². The number of nitrogens with zero attached hydrogens (tertiary/aromatic N) is 1. The molecule has 2 N–H and O–H groups in total. The van der Waals surface area contributed by atoms with Gasteiger partial charge in [0.2, 0.25) is 0 Å². The molecule has 15 heavy (non-hydrogen) atoms. The first-order chi connectivity index (χ1) is 6.88. The summed E-state index contributed by atoms with van der Waals surface area (Å²) in [4.78, 5) is 12.7. The molecule has 1 heterocycles. The molecule has 1 rings (SSSR count). The van der Waals surface area contributed by atoms with Crippen LogP contribution in [0, 0.1) is 0 Å². The molecule has 84 valence electrons. The van der Waals surface area contributed by atoms with E-state index < -0.39 is 12.1 Å². The summed E-state index contributed by atoms with van der Waals surface area (Å²) >= 11 is 0.